The number of rotatable bonds is 40. The Balaban J connectivity index is 3.90. The Morgan fingerprint density at radius 2 is 0.684 bits per heavy atom. The number of esters is 4. The Morgan fingerprint density at radius 1 is 0.404 bits per heavy atom. The number of ether oxygens (including phenoxy) is 4. The summed E-state index contributed by atoms with van der Waals surface area (Å²) >= 11 is 0. The van der Waals surface area contributed by atoms with E-state index in [9.17, 15) is 19.2 Å². The maximum atomic E-state index is 12.5. The average Bonchev–Trinajstić information content (AvgIpc) is 3.17. The van der Waals surface area contributed by atoms with Crippen molar-refractivity contribution in [3.8, 4) is 0 Å². The zero-order chi connectivity index (χ0) is 42.2. The average molecular weight is 807 g/mol. The van der Waals surface area contributed by atoms with Crippen molar-refractivity contribution < 1.29 is 42.6 Å². The van der Waals surface area contributed by atoms with Crippen molar-refractivity contribution in [3.63, 3.8) is 0 Å². The maximum Gasteiger partial charge on any atom is 0.313 e. The third kappa shape index (κ3) is 35.0. The number of carbonyl (C=O) groups is 4. The number of hydrogen-bond donors (Lipinski definition) is 0. The smallest absolute Gasteiger partial charge is 0.313 e. The number of hydrogen-bond acceptors (Lipinski definition) is 8. The summed E-state index contributed by atoms with van der Waals surface area (Å²) in [6.45, 7) is 7.92. The van der Waals surface area contributed by atoms with Gasteiger partial charge in [-0.05, 0) is 64.2 Å². The summed E-state index contributed by atoms with van der Waals surface area (Å²) in [6, 6.07) is 0. The van der Waals surface area contributed by atoms with Gasteiger partial charge in [0.2, 0.25) is 12.5 Å². The van der Waals surface area contributed by atoms with E-state index in [1.54, 1.807) is 27.9 Å². The fraction of sp³-hybridized carbons (Fsp3) is 0.833. The fourth-order valence-corrected chi connectivity index (χ4v) is 6.39. The van der Waals surface area contributed by atoms with Gasteiger partial charge in [-0.25, -0.2) is 0 Å². The SMILES string of the molecule is CCCCCCCCC=CCCCCCCCC(=O)OCCC(=O)OC(C)[N+](C)(C)C(C)OC(=O)CCOC(=O)CCCCCCC/C=C\CCCCCCCC. The summed E-state index contributed by atoms with van der Waals surface area (Å²) in [5.74, 6) is -1.56. The van der Waals surface area contributed by atoms with Crippen LogP contribution in [0.1, 0.15) is 220 Å². The monoisotopic (exact) mass is 807 g/mol. The first-order valence-corrected chi connectivity index (χ1v) is 23.4. The van der Waals surface area contributed by atoms with Gasteiger partial charge in [0, 0.05) is 26.7 Å². The molecule has 2 atom stereocenters. The van der Waals surface area contributed by atoms with E-state index in [4.69, 9.17) is 18.9 Å². The first-order chi connectivity index (χ1) is 27.5. The predicted molar refractivity (Wildman–Crippen MR) is 233 cm³/mol. The first-order valence-electron chi connectivity index (χ1n) is 23.4. The largest absolute Gasteiger partial charge is 0.465 e. The van der Waals surface area contributed by atoms with Crippen LogP contribution in [0.25, 0.3) is 0 Å². The van der Waals surface area contributed by atoms with Gasteiger partial charge in [0.1, 0.15) is 13.2 Å². The molecule has 332 valence electrons. The topological polar surface area (TPSA) is 105 Å². The zero-order valence-corrected chi connectivity index (χ0v) is 37.8. The highest BCUT2D eigenvalue weighted by Gasteiger charge is 2.35. The van der Waals surface area contributed by atoms with Crippen LogP contribution >= 0.6 is 0 Å². The van der Waals surface area contributed by atoms with Crippen LogP contribution in [0.15, 0.2) is 24.3 Å². The summed E-state index contributed by atoms with van der Waals surface area (Å²) in [5, 5.41) is 0. The van der Waals surface area contributed by atoms with Crippen LogP contribution in [0.2, 0.25) is 0 Å². The molecule has 0 saturated carbocycles. The third-order valence-corrected chi connectivity index (χ3v) is 10.9. The molecule has 0 aromatic rings. The molecule has 0 rings (SSSR count). The summed E-state index contributed by atoms with van der Waals surface area (Å²) in [4.78, 5) is 49.2. The van der Waals surface area contributed by atoms with Crippen LogP contribution in [-0.2, 0) is 38.1 Å². The molecule has 0 aliphatic rings. The first kappa shape index (κ1) is 54.3. The third-order valence-electron chi connectivity index (χ3n) is 10.9. The molecular formula is C48H88NO8+. The molecule has 0 N–H and O–H groups in total. The Hall–Kier alpha value is -2.68. The highest BCUT2D eigenvalue weighted by atomic mass is 16.6. The van der Waals surface area contributed by atoms with Gasteiger partial charge in [-0.15, -0.1) is 0 Å². The molecule has 0 radical (unpaired) electrons. The summed E-state index contributed by atoms with van der Waals surface area (Å²) in [7, 11) is 3.61. The lowest BCUT2D eigenvalue weighted by Gasteiger charge is -2.38. The minimum Gasteiger partial charge on any atom is -0.465 e. The van der Waals surface area contributed by atoms with Crippen LogP contribution in [0.4, 0.5) is 0 Å². The van der Waals surface area contributed by atoms with E-state index in [1.807, 2.05) is 0 Å². The van der Waals surface area contributed by atoms with E-state index in [1.165, 1.54) is 116 Å². The van der Waals surface area contributed by atoms with Crippen molar-refractivity contribution in [1.29, 1.82) is 0 Å². The molecule has 0 heterocycles. The van der Waals surface area contributed by atoms with Crippen molar-refractivity contribution in [2.24, 2.45) is 0 Å². The second kappa shape index (κ2) is 38.8. The van der Waals surface area contributed by atoms with E-state index in [0.29, 0.717) is 12.8 Å². The Kier molecular flexibility index (Phi) is 37.0. The number of nitrogens with zero attached hydrogens (tertiary/aromatic N) is 1. The van der Waals surface area contributed by atoms with Crippen LogP contribution in [0, 0.1) is 0 Å². The van der Waals surface area contributed by atoms with Gasteiger partial charge in [0.05, 0.1) is 26.9 Å². The predicted octanol–water partition coefficient (Wildman–Crippen LogP) is 12.8. The Bertz CT molecular complexity index is 975. The molecule has 2 unspecified atom stereocenters. The second-order valence-corrected chi connectivity index (χ2v) is 16.4. The minimum absolute atomic E-state index is 0.0244. The summed E-state index contributed by atoms with van der Waals surface area (Å²) in [5.41, 5.74) is 0. The van der Waals surface area contributed by atoms with Crippen molar-refractivity contribution in [1.82, 2.24) is 0 Å². The minimum atomic E-state index is -0.615. The lowest BCUT2D eigenvalue weighted by Crippen LogP contribution is -2.56. The molecule has 0 aliphatic carbocycles. The summed E-state index contributed by atoms with van der Waals surface area (Å²) in [6.07, 6.45) is 39.9. The maximum absolute atomic E-state index is 12.5. The highest BCUT2D eigenvalue weighted by molar-refractivity contribution is 5.72. The van der Waals surface area contributed by atoms with E-state index in [0.717, 1.165) is 51.4 Å². The molecule has 0 aliphatic heterocycles. The quantitative estimate of drug-likeness (QED) is 0.0150. The van der Waals surface area contributed by atoms with Gasteiger partial charge in [0.25, 0.3) is 0 Å². The normalized spacial score (nSPS) is 12.9. The molecule has 9 heteroatoms. The van der Waals surface area contributed by atoms with E-state index in [-0.39, 0.29) is 42.5 Å². The number of unbranched alkanes of at least 4 members (excludes halogenated alkanes) is 22. The van der Waals surface area contributed by atoms with E-state index in [2.05, 4.69) is 38.2 Å². The molecule has 0 aromatic heterocycles. The lowest BCUT2D eigenvalue weighted by molar-refractivity contribution is -0.971. The van der Waals surface area contributed by atoms with Gasteiger partial charge < -0.3 is 18.9 Å². The molecule has 57 heavy (non-hydrogen) atoms. The lowest BCUT2D eigenvalue weighted by atomic mass is 10.1. The van der Waals surface area contributed by atoms with Crippen LogP contribution in [0.5, 0.6) is 0 Å². The summed E-state index contributed by atoms with van der Waals surface area (Å²) < 4.78 is 21.8. The molecule has 0 aromatic carbocycles. The van der Waals surface area contributed by atoms with E-state index >= 15 is 0 Å². The zero-order valence-electron chi connectivity index (χ0n) is 37.8. The fourth-order valence-electron chi connectivity index (χ4n) is 6.39. The van der Waals surface area contributed by atoms with Crippen molar-refractivity contribution in [2.45, 2.75) is 233 Å². The van der Waals surface area contributed by atoms with Crippen LogP contribution in [-0.4, -0.2) is 68.1 Å². The molecule has 0 spiro atoms. The molecule has 0 bridgehead atoms. The molecule has 0 fully saturated rings. The van der Waals surface area contributed by atoms with Gasteiger partial charge >= 0.3 is 23.9 Å². The van der Waals surface area contributed by atoms with E-state index < -0.39 is 24.4 Å². The van der Waals surface area contributed by atoms with Crippen molar-refractivity contribution in [2.75, 3.05) is 27.3 Å². The standard InChI is InChI=1S/C48H88NO8/c1-7-9-11-13-15-17-19-21-23-25-27-29-31-33-35-37-45(50)54-41-39-47(52)56-43(3)49(5,6)44(4)57-48(53)40-42-55-46(51)38-36-34-32-30-28-26-24-22-20-18-16-14-12-10-8-2/h21-24,43-44H,7-20,25-42H2,1-6H3/q+1/b23-21-,24-22?. The molecule has 9 nitrogen and oxygen atoms in total. The van der Waals surface area contributed by atoms with Gasteiger partial charge in [-0.2, -0.15) is 0 Å². The molecule has 0 amide bonds. The Morgan fingerprint density at radius 3 is 1.00 bits per heavy atom. The number of carbonyl (C=O) groups excluding carboxylic acids is 4. The molecular weight excluding hydrogens is 719 g/mol. The van der Waals surface area contributed by atoms with Gasteiger partial charge in [-0.1, -0.05) is 141 Å². The van der Waals surface area contributed by atoms with Crippen LogP contribution < -0.4 is 0 Å². The highest BCUT2D eigenvalue weighted by Crippen LogP contribution is 2.17. The van der Waals surface area contributed by atoms with Gasteiger partial charge in [-0.3, -0.25) is 23.7 Å². The van der Waals surface area contributed by atoms with Gasteiger partial charge in [0.15, 0.2) is 0 Å². The molecule has 0 saturated heterocycles. The Labute approximate surface area is 350 Å². The number of allylic oxidation sites excluding steroid dienone is 4. The second-order valence-electron chi connectivity index (χ2n) is 16.4. The number of quaternary nitrogens is 1. The van der Waals surface area contributed by atoms with Crippen molar-refractivity contribution in [3.05, 3.63) is 24.3 Å². The van der Waals surface area contributed by atoms with Crippen molar-refractivity contribution >= 4 is 23.9 Å². The van der Waals surface area contributed by atoms with Crippen LogP contribution in [0.3, 0.4) is 0 Å².